The third-order valence-electron chi connectivity index (χ3n) is 7.85. The molecular weight excluding hydrogens is 538 g/mol. The normalized spacial score (nSPS) is 22.4. The maximum Gasteiger partial charge on any atom is 0.433 e. The van der Waals surface area contributed by atoms with Crippen LogP contribution in [0.3, 0.4) is 0 Å². The molecule has 2 aromatic heterocycles. The fourth-order valence-corrected chi connectivity index (χ4v) is 5.92. The topological polar surface area (TPSA) is 117 Å². The summed E-state index contributed by atoms with van der Waals surface area (Å²) < 4.78 is 31.9. The summed E-state index contributed by atoms with van der Waals surface area (Å²) in [5.41, 5.74) is 5.81. The van der Waals surface area contributed by atoms with Gasteiger partial charge in [-0.15, -0.1) is 0 Å². The summed E-state index contributed by atoms with van der Waals surface area (Å²) in [4.78, 5) is 25.5. The molecule has 1 amide bonds. The first-order valence-corrected chi connectivity index (χ1v) is 13.6. The molecule has 1 fully saturated rings. The number of anilines is 2. The molecule has 0 spiro atoms. The minimum absolute atomic E-state index is 0.0753. The Kier molecular flexibility index (Phi) is 7.63. The number of halogens is 3. The zero-order valence-electron chi connectivity index (χ0n) is 22.2. The lowest BCUT2D eigenvalue weighted by molar-refractivity contribution is 0.148. The van der Waals surface area contributed by atoms with Gasteiger partial charge in [0, 0.05) is 30.1 Å². The van der Waals surface area contributed by atoms with Crippen molar-refractivity contribution < 1.29 is 18.7 Å². The molecule has 3 heterocycles. The highest BCUT2D eigenvalue weighted by atomic mass is 35.5. The standard InChI is InChI=1S/C29H31ClF2N6O2/c1-16-7-9-17(10-8-16)15-38-25-22(36-27(38)29(2,32)20-5-3-4-6-21(20)31)12-23(26(33)37-28(39)40)35-24(25)18-11-19(30)14-34-13-18/h3-6,11-14,16-17,27,36H,7-10,15H2,1-2H3,(H2,33,37)(H,39,40). The molecule has 1 aromatic carbocycles. The van der Waals surface area contributed by atoms with Crippen molar-refractivity contribution in [2.75, 3.05) is 16.8 Å². The summed E-state index contributed by atoms with van der Waals surface area (Å²) in [5, 5.41) is 12.8. The van der Waals surface area contributed by atoms with Gasteiger partial charge in [-0.2, -0.15) is 4.99 Å². The molecule has 0 bridgehead atoms. The Balaban J connectivity index is 1.69. The zero-order valence-corrected chi connectivity index (χ0v) is 23.0. The number of amides is 1. The minimum atomic E-state index is -2.17. The highest BCUT2D eigenvalue weighted by Crippen LogP contribution is 2.49. The molecule has 1 aliphatic heterocycles. The highest BCUT2D eigenvalue weighted by Gasteiger charge is 2.48. The fourth-order valence-electron chi connectivity index (χ4n) is 5.75. The first kappa shape index (κ1) is 27.8. The average molecular weight is 569 g/mol. The Bertz CT molecular complexity index is 1460. The summed E-state index contributed by atoms with van der Waals surface area (Å²) in [5.74, 6) is -0.0458. The molecule has 2 atom stereocenters. The van der Waals surface area contributed by atoms with E-state index in [1.165, 1.54) is 31.3 Å². The molecule has 11 heteroatoms. The van der Waals surface area contributed by atoms with Gasteiger partial charge in [-0.3, -0.25) is 4.98 Å². The van der Waals surface area contributed by atoms with Crippen molar-refractivity contribution in [1.29, 1.82) is 0 Å². The van der Waals surface area contributed by atoms with E-state index in [2.05, 4.69) is 27.2 Å². The van der Waals surface area contributed by atoms with Gasteiger partial charge in [0.2, 0.25) is 0 Å². The second kappa shape index (κ2) is 11.0. The maximum absolute atomic E-state index is 16.9. The van der Waals surface area contributed by atoms with Gasteiger partial charge in [0.05, 0.1) is 22.1 Å². The molecular formula is C29H31ClF2N6O2. The molecule has 1 aliphatic carbocycles. The Morgan fingerprint density at radius 1 is 1.25 bits per heavy atom. The average Bonchev–Trinajstić information content (AvgIpc) is 3.28. The molecule has 0 saturated heterocycles. The molecule has 2 aliphatic rings. The van der Waals surface area contributed by atoms with Gasteiger partial charge in [-0.1, -0.05) is 49.6 Å². The Labute approximate surface area is 236 Å². The number of nitrogens with zero attached hydrogens (tertiary/aromatic N) is 4. The molecule has 8 nitrogen and oxygen atoms in total. The summed E-state index contributed by atoms with van der Waals surface area (Å²) in [6, 6.07) is 9.04. The third-order valence-corrected chi connectivity index (χ3v) is 8.05. The largest absolute Gasteiger partial charge is 0.463 e. The van der Waals surface area contributed by atoms with Gasteiger partial charge >= 0.3 is 6.09 Å². The van der Waals surface area contributed by atoms with Gasteiger partial charge in [-0.05, 0) is 49.8 Å². The molecule has 210 valence electrons. The van der Waals surface area contributed by atoms with Crippen LogP contribution in [0, 0.1) is 17.7 Å². The zero-order chi connectivity index (χ0) is 28.6. The second-order valence-electron chi connectivity index (χ2n) is 10.8. The Morgan fingerprint density at radius 2 is 1.98 bits per heavy atom. The van der Waals surface area contributed by atoms with Crippen molar-refractivity contribution in [2.24, 2.45) is 22.6 Å². The van der Waals surface area contributed by atoms with E-state index in [0.29, 0.717) is 40.1 Å². The molecule has 1 saturated carbocycles. The number of carbonyl (C=O) groups is 1. The summed E-state index contributed by atoms with van der Waals surface area (Å²) in [6.45, 7) is 4.10. The van der Waals surface area contributed by atoms with Crippen molar-refractivity contribution in [1.82, 2.24) is 9.97 Å². The SMILES string of the molecule is CC1CCC(CN2c3c(cc(/C(N)=N/C(=O)O)nc3-c3cncc(Cl)c3)NC2C(C)(F)c2ccccc2F)CC1. The molecule has 0 radical (unpaired) electrons. The minimum Gasteiger partial charge on any atom is -0.463 e. The first-order chi connectivity index (χ1) is 19.0. The maximum atomic E-state index is 16.9. The number of nitrogens with two attached hydrogens (primary N) is 1. The van der Waals surface area contributed by atoms with Gasteiger partial charge in [0.15, 0.2) is 11.5 Å². The van der Waals surface area contributed by atoms with E-state index in [9.17, 15) is 14.3 Å². The van der Waals surface area contributed by atoms with E-state index in [1.54, 1.807) is 24.4 Å². The number of aliphatic imine (C=N–C) groups is 1. The number of amidine groups is 1. The molecule has 5 rings (SSSR count). The van der Waals surface area contributed by atoms with Gasteiger partial charge in [0.25, 0.3) is 0 Å². The summed E-state index contributed by atoms with van der Waals surface area (Å²) >= 11 is 6.27. The molecule has 40 heavy (non-hydrogen) atoms. The number of benzene rings is 1. The van der Waals surface area contributed by atoms with Crippen LogP contribution in [0.2, 0.25) is 5.02 Å². The van der Waals surface area contributed by atoms with Crippen LogP contribution in [0.15, 0.2) is 53.8 Å². The van der Waals surface area contributed by atoms with E-state index in [1.807, 2.05) is 4.90 Å². The van der Waals surface area contributed by atoms with Gasteiger partial charge in [0.1, 0.15) is 17.7 Å². The molecule has 3 aromatic rings. The van der Waals surface area contributed by atoms with E-state index < -0.39 is 23.7 Å². The monoisotopic (exact) mass is 568 g/mol. The van der Waals surface area contributed by atoms with E-state index >= 15 is 4.39 Å². The number of rotatable bonds is 6. The quantitative estimate of drug-likeness (QED) is 0.227. The van der Waals surface area contributed by atoms with E-state index in [-0.39, 0.29) is 23.0 Å². The van der Waals surface area contributed by atoms with Crippen LogP contribution in [0.4, 0.5) is 25.0 Å². The number of pyridine rings is 2. The lowest BCUT2D eigenvalue weighted by Gasteiger charge is -2.39. The van der Waals surface area contributed by atoms with Gasteiger partial charge in [-0.25, -0.2) is 18.6 Å². The van der Waals surface area contributed by atoms with Crippen molar-refractivity contribution in [3.05, 3.63) is 70.9 Å². The number of aromatic nitrogens is 2. The number of hydrogen-bond acceptors (Lipinski definition) is 5. The van der Waals surface area contributed by atoms with Gasteiger partial charge < -0.3 is 21.1 Å². The number of carboxylic acid groups (broad SMARTS) is 1. The molecule has 4 N–H and O–H groups in total. The number of alkyl halides is 1. The van der Waals surface area contributed by atoms with E-state index in [4.69, 9.17) is 17.3 Å². The molecule has 2 unspecified atom stereocenters. The van der Waals surface area contributed by atoms with Crippen molar-refractivity contribution in [3.63, 3.8) is 0 Å². The summed E-state index contributed by atoms with van der Waals surface area (Å²) in [6.07, 6.45) is 4.71. The lowest BCUT2D eigenvalue weighted by atomic mass is 9.82. The first-order valence-electron chi connectivity index (χ1n) is 13.2. The van der Waals surface area contributed by atoms with Crippen LogP contribution < -0.4 is 16.0 Å². The van der Waals surface area contributed by atoms with Crippen molar-refractivity contribution in [3.8, 4) is 11.3 Å². The van der Waals surface area contributed by atoms with Crippen molar-refractivity contribution >= 4 is 34.9 Å². The van der Waals surface area contributed by atoms with Crippen LogP contribution in [0.25, 0.3) is 11.3 Å². The van der Waals surface area contributed by atoms with Crippen LogP contribution in [-0.2, 0) is 5.67 Å². The van der Waals surface area contributed by atoms with Crippen LogP contribution in [-0.4, -0.2) is 39.7 Å². The Hall–Kier alpha value is -3.79. The smallest absolute Gasteiger partial charge is 0.433 e. The summed E-state index contributed by atoms with van der Waals surface area (Å²) in [7, 11) is 0. The van der Waals surface area contributed by atoms with E-state index in [0.717, 1.165) is 25.7 Å². The Morgan fingerprint density at radius 3 is 2.65 bits per heavy atom. The predicted molar refractivity (Wildman–Crippen MR) is 152 cm³/mol. The van der Waals surface area contributed by atoms with Crippen LogP contribution in [0.5, 0.6) is 0 Å². The highest BCUT2D eigenvalue weighted by molar-refractivity contribution is 6.30. The fraction of sp³-hybridized carbons (Fsp3) is 0.379. The van der Waals surface area contributed by atoms with Crippen molar-refractivity contribution in [2.45, 2.75) is 51.4 Å². The number of nitrogens with one attached hydrogen (secondary N) is 1. The second-order valence-corrected chi connectivity index (χ2v) is 11.2. The van der Waals surface area contributed by atoms with Crippen LogP contribution >= 0.6 is 11.6 Å². The third kappa shape index (κ3) is 5.45. The lowest BCUT2D eigenvalue weighted by Crippen LogP contribution is -2.50. The predicted octanol–water partition coefficient (Wildman–Crippen LogP) is 6.59. The van der Waals surface area contributed by atoms with Crippen LogP contribution in [0.1, 0.15) is 50.8 Å². The number of hydrogen-bond donors (Lipinski definition) is 3. The number of fused-ring (bicyclic) bond motifs is 1.